The first-order chi connectivity index (χ1) is 7.72. The average Bonchev–Trinajstić information content (AvgIpc) is 2.77. The molecule has 7 heteroatoms. The second-order valence-electron chi connectivity index (χ2n) is 3.07. The van der Waals surface area contributed by atoms with E-state index < -0.39 is 4.92 Å². The Morgan fingerprint density at radius 2 is 2.06 bits per heavy atom. The van der Waals surface area contributed by atoms with Crippen molar-refractivity contribution in [2.24, 2.45) is 0 Å². The highest BCUT2D eigenvalue weighted by Crippen LogP contribution is 2.10. The lowest BCUT2D eigenvalue weighted by Gasteiger charge is -2.02. The van der Waals surface area contributed by atoms with Gasteiger partial charge < -0.3 is 0 Å². The van der Waals surface area contributed by atoms with E-state index in [2.05, 4.69) is 15.0 Å². The molecule has 2 aromatic heterocycles. The van der Waals surface area contributed by atoms with Crippen molar-refractivity contribution < 1.29 is 4.92 Å². The van der Waals surface area contributed by atoms with Crippen LogP contribution in [0, 0.1) is 10.1 Å². The summed E-state index contributed by atoms with van der Waals surface area (Å²) in [5.41, 5.74) is -0.123. The van der Waals surface area contributed by atoms with Crippen molar-refractivity contribution in [3.8, 4) is 5.95 Å². The molecule has 0 spiro atoms. The minimum absolute atomic E-state index is 0.123. The Kier molecular flexibility index (Phi) is 2.59. The molecule has 0 aromatic carbocycles. The van der Waals surface area contributed by atoms with E-state index in [1.807, 2.05) is 6.92 Å². The first kappa shape index (κ1) is 10.2. The summed E-state index contributed by atoms with van der Waals surface area (Å²) in [6, 6.07) is 0. The minimum Gasteiger partial charge on any atom is -0.272 e. The summed E-state index contributed by atoms with van der Waals surface area (Å²) in [4.78, 5) is 21.9. The maximum Gasteiger partial charge on any atom is 0.305 e. The number of hydrogen-bond donors (Lipinski definition) is 0. The molecule has 0 aliphatic carbocycles. The Bertz CT molecular complexity index is 505. The van der Waals surface area contributed by atoms with Crippen molar-refractivity contribution in [2.45, 2.75) is 13.3 Å². The molecule has 0 aliphatic heterocycles. The summed E-state index contributed by atoms with van der Waals surface area (Å²) in [6.45, 7) is 1.96. The van der Waals surface area contributed by atoms with E-state index in [-0.39, 0.29) is 5.69 Å². The van der Waals surface area contributed by atoms with Crippen molar-refractivity contribution in [1.82, 2.24) is 19.5 Å². The highest BCUT2D eigenvalue weighted by Gasteiger charge is 2.09. The standard InChI is InChI=1S/C9H9N5O2/c1-2-8-10-3-4-13(8)9-11-5-7(6-12-9)14(15)16/h3-6H,2H2,1H3. The van der Waals surface area contributed by atoms with Crippen LogP contribution in [0.1, 0.15) is 12.7 Å². The molecule has 0 radical (unpaired) electrons. The zero-order valence-corrected chi connectivity index (χ0v) is 8.57. The topological polar surface area (TPSA) is 86.7 Å². The molecule has 0 bridgehead atoms. The molecular formula is C9H9N5O2. The number of hydrogen-bond acceptors (Lipinski definition) is 5. The molecule has 0 saturated heterocycles. The third-order valence-electron chi connectivity index (χ3n) is 2.08. The molecule has 0 amide bonds. The Hall–Kier alpha value is -2.31. The van der Waals surface area contributed by atoms with Crippen molar-refractivity contribution >= 4 is 5.69 Å². The van der Waals surface area contributed by atoms with Crippen LogP contribution >= 0.6 is 0 Å². The van der Waals surface area contributed by atoms with Crippen LogP contribution in [0.3, 0.4) is 0 Å². The van der Waals surface area contributed by atoms with Crippen LogP contribution in [0.15, 0.2) is 24.8 Å². The molecule has 82 valence electrons. The van der Waals surface area contributed by atoms with Crippen LogP contribution < -0.4 is 0 Å². The second-order valence-corrected chi connectivity index (χ2v) is 3.07. The number of imidazole rings is 1. The van der Waals surface area contributed by atoms with Gasteiger partial charge in [0, 0.05) is 18.8 Å². The van der Waals surface area contributed by atoms with Crippen molar-refractivity contribution in [3.63, 3.8) is 0 Å². The van der Waals surface area contributed by atoms with Crippen LogP contribution in [0.5, 0.6) is 0 Å². The highest BCUT2D eigenvalue weighted by atomic mass is 16.6. The van der Waals surface area contributed by atoms with E-state index in [1.165, 1.54) is 12.4 Å². The predicted molar refractivity (Wildman–Crippen MR) is 55.2 cm³/mol. The fraction of sp³-hybridized carbons (Fsp3) is 0.222. The fourth-order valence-electron chi connectivity index (χ4n) is 1.31. The molecule has 0 N–H and O–H groups in total. The molecule has 2 heterocycles. The van der Waals surface area contributed by atoms with Gasteiger partial charge in [-0.15, -0.1) is 0 Å². The van der Waals surface area contributed by atoms with Crippen molar-refractivity contribution in [1.29, 1.82) is 0 Å². The van der Waals surface area contributed by atoms with Gasteiger partial charge in [-0.1, -0.05) is 6.92 Å². The molecule has 16 heavy (non-hydrogen) atoms. The quantitative estimate of drug-likeness (QED) is 0.570. The summed E-state index contributed by atoms with van der Waals surface area (Å²) >= 11 is 0. The van der Waals surface area contributed by atoms with Gasteiger partial charge in [-0.2, -0.15) is 0 Å². The molecule has 2 aromatic rings. The first-order valence-electron chi connectivity index (χ1n) is 4.71. The normalized spacial score (nSPS) is 10.3. The lowest BCUT2D eigenvalue weighted by molar-refractivity contribution is -0.385. The van der Waals surface area contributed by atoms with Gasteiger partial charge in [0.05, 0.1) is 4.92 Å². The summed E-state index contributed by atoms with van der Waals surface area (Å²) in [7, 11) is 0. The van der Waals surface area contributed by atoms with Crippen molar-refractivity contribution in [3.05, 3.63) is 40.7 Å². The average molecular weight is 219 g/mol. The van der Waals surface area contributed by atoms with E-state index >= 15 is 0 Å². The van der Waals surface area contributed by atoms with Crippen LogP contribution in [-0.2, 0) is 6.42 Å². The molecule has 0 fully saturated rings. The van der Waals surface area contributed by atoms with Gasteiger partial charge in [0.15, 0.2) is 0 Å². The predicted octanol–water partition coefficient (Wildman–Crippen LogP) is 1.13. The molecular weight excluding hydrogens is 210 g/mol. The van der Waals surface area contributed by atoms with Gasteiger partial charge in [0.25, 0.3) is 0 Å². The van der Waals surface area contributed by atoms with Crippen LogP contribution in [0.2, 0.25) is 0 Å². The number of aromatic nitrogens is 4. The van der Waals surface area contributed by atoms with Gasteiger partial charge >= 0.3 is 5.69 Å². The molecule has 2 rings (SSSR count). The molecule has 0 atom stereocenters. The molecule has 7 nitrogen and oxygen atoms in total. The summed E-state index contributed by atoms with van der Waals surface area (Å²) in [6.07, 6.45) is 6.47. The summed E-state index contributed by atoms with van der Waals surface area (Å²) < 4.78 is 1.70. The SMILES string of the molecule is CCc1nccn1-c1ncc([N+](=O)[O-])cn1. The van der Waals surface area contributed by atoms with Crippen LogP contribution in [0.4, 0.5) is 5.69 Å². The Balaban J connectivity index is 2.38. The Labute approximate surface area is 90.9 Å². The van der Waals surface area contributed by atoms with Crippen LogP contribution in [-0.4, -0.2) is 24.4 Å². The van der Waals surface area contributed by atoms with Crippen molar-refractivity contribution in [2.75, 3.05) is 0 Å². The lowest BCUT2D eigenvalue weighted by Crippen LogP contribution is -2.04. The molecule has 0 saturated carbocycles. The van der Waals surface area contributed by atoms with Gasteiger partial charge in [-0.25, -0.2) is 15.0 Å². The van der Waals surface area contributed by atoms with Gasteiger partial charge in [0.1, 0.15) is 18.2 Å². The highest BCUT2D eigenvalue weighted by molar-refractivity contribution is 5.25. The third kappa shape index (κ3) is 1.74. The Morgan fingerprint density at radius 3 is 2.62 bits per heavy atom. The van der Waals surface area contributed by atoms with E-state index in [0.717, 1.165) is 12.2 Å². The number of nitro groups is 1. The van der Waals surface area contributed by atoms with E-state index in [0.29, 0.717) is 5.95 Å². The molecule has 0 aliphatic rings. The van der Waals surface area contributed by atoms with Crippen LogP contribution in [0.25, 0.3) is 5.95 Å². The fourth-order valence-corrected chi connectivity index (χ4v) is 1.31. The zero-order valence-electron chi connectivity index (χ0n) is 8.57. The van der Waals surface area contributed by atoms with E-state index in [1.54, 1.807) is 17.0 Å². The maximum atomic E-state index is 10.4. The lowest BCUT2D eigenvalue weighted by atomic mass is 10.4. The first-order valence-corrected chi connectivity index (χ1v) is 4.71. The minimum atomic E-state index is -0.529. The largest absolute Gasteiger partial charge is 0.305 e. The number of nitrogens with zero attached hydrogens (tertiary/aromatic N) is 5. The second kappa shape index (κ2) is 4.05. The monoisotopic (exact) mass is 219 g/mol. The number of aryl methyl sites for hydroxylation is 1. The number of rotatable bonds is 3. The maximum absolute atomic E-state index is 10.4. The Morgan fingerprint density at radius 1 is 1.38 bits per heavy atom. The molecule has 0 unspecified atom stereocenters. The van der Waals surface area contributed by atoms with Gasteiger partial charge in [-0.3, -0.25) is 14.7 Å². The summed E-state index contributed by atoms with van der Waals surface area (Å²) in [5.74, 6) is 1.20. The smallest absolute Gasteiger partial charge is 0.272 e. The van der Waals surface area contributed by atoms with E-state index in [9.17, 15) is 10.1 Å². The summed E-state index contributed by atoms with van der Waals surface area (Å²) in [5, 5.41) is 10.4. The zero-order chi connectivity index (χ0) is 11.5. The van der Waals surface area contributed by atoms with Gasteiger partial charge in [-0.05, 0) is 0 Å². The van der Waals surface area contributed by atoms with Gasteiger partial charge in [0.2, 0.25) is 5.95 Å². The third-order valence-corrected chi connectivity index (χ3v) is 2.08. The van der Waals surface area contributed by atoms with E-state index in [4.69, 9.17) is 0 Å².